The van der Waals surface area contributed by atoms with Crippen LogP contribution in [0.25, 0.3) is 0 Å². The number of carbonyl (C=O) groups is 3. The molecule has 2 aromatic rings. The second-order valence-electron chi connectivity index (χ2n) is 9.83. The molecule has 0 aliphatic carbocycles. The number of hydrogen-bond donors (Lipinski definition) is 2. The summed E-state index contributed by atoms with van der Waals surface area (Å²) >= 11 is 0. The van der Waals surface area contributed by atoms with Gasteiger partial charge >= 0.3 is 6.03 Å². The predicted molar refractivity (Wildman–Crippen MR) is 140 cm³/mol. The van der Waals surface area contributed by atoms with E-state index in [9.17, 15) is 18.8 Å². The van der Waals surface area contributed by atoms with E-state index in [4.69, 9.17) is 0 Å². The van der Waals surface area contributed by atoms with Gasteiger partial charge in [-0.25, -0.2) is 9.18 Å². The average molecular weight is 498 g/mol. The number of nitrogens with zero attached hydrogens (tertiary/aromatic N) is 3. The maximum atomic E-state index is 13.6. The number of benzene rings is 2. The minimum absolute atomic E-state index is 0.1000. The second-order valence-corrected chi connectivity index (χ2v) is 9.83. The summed E-state index contributed by atoms with van der Waals surface area (Å²) in [5.41, 5.74) is 1.56. The Bertz CT molecular complexity index is 1100. The van der Waals surface area contributed by atoms with Crippen LogP contribution in [0.15, 0.2) is 42.5 Å². The van der Waals surface area contributed by atoms with Crippen LogP contribution >= 0.6 is 0 Å². The molecule has 2 aromatic carbocycles. The van der Waals surface area contributed by atoms with E-state index in [1.807, 2.05) is 40.7 Å². The van der Waals surface area contributed by atoms with Crippen molar-refractivity contribution in [1.29, 1.82) is 0 Å². The number of piperazine rings is 1. The molecule has 0 unspecified atom stereocenters. The van der Waals surface area contributed by atoms with Gasteiger partial charge in [-0.3, -0.25) is 9.59 Å². The molecule has 0 aromatic heterocycles. The number of anilines is 2. The van der Waals surface area contributed by atoms with E-state index in [0.29, 0.717) is 50.5 Å². The van der Waals surface area contributed by atoms with Crippen molar-refractivity contribution < 1.29 is 18.8 Å². The highest BCUT2D eigenvalue weighted by Gasteiger charge is 2.27. The van der Waals surface area contributed by atoms with Gasteiger partial charge in [0.25, 0.3) is 11.8 Å². The van der Waals surface area contributed by atoms with Crippen molar-refractivity contribution in [2.45, 2.75) is 40.2 Å². The average Bonchev–Trinajstić information content (AvgIpc) is 2.83. The number of carbonyl (C=O) groups excluding carboxylic acids is 3. The van der Waals surface area contributed by atoms with Crippen molar-refractivity contribution in [3.05, 3.63) is 59.4 Å². The molecule has 9 heteroatoms. The van der Waals surface area contributed by atoms with Crippen molar-refractivity contribution in [1.82, 2.24) is 15.1 Å². The number of halogens is 1. The molecule has 1 fully saturated rings. The Morgan fingerprint density at radius 2 is 1.64 bits per heavy atom. The highest BCUT2D eigenvalue weighted by atomic mass is 19.1. The Morgan fingerprint density at radius 3 is 2.22 bits per heavy atom. The Kier molecular flexibility index (Phi) is 8.55. The highest BCUT2D eigenvalue weighted by Crippen LogP contribution is 2.27. The van der Waals surface area contributed by atoms with Crippen molar-refractivity contribution in [3.63, 3.8) is 0 Å². The van der Waals surface area contributed by atoms with Crippen LogP contribution < -0.4 is 15.5 Å². The lowest BCUT2D eigenvalue weighted by Crippen LogP contribution is -2.55. The van der Waals surface area contributed by atoms with Gasteiger partial charge in [0.2, 0.25) is 0 Å². The third kappa shape index (κ3) is 6.74. The van der Waals surface area contributed by atoms with Crippen LogP contribution in [0.4, 0.5) is 20.6 Å². The maximum Gasteiger partial charge on any atom is 0.317 e. The van der Waals surface area contributed by atoms with Gasteiger partial charge in [-0.15, -0.1) is 0 Å². The molecule has 2 N–H and O–H groups in total. The summed E-state index contributed by atoms with van der Waals surface area (Å²) in [5, 5.41) is 5.76. The van der Waals surface area contributed by atoms with Gasteiger partial charge in [0.15, 0.2) is 0 Å². The highest BCUT2D eigenvalue weighted by molar-refractivity contribution is 6.06. The first-order chi connectivity index (χ1) is 17.0. The molecule has 8 nitrogen and oxygen atoms in total. The van der Waals surface area contributed by atoms with Gasteiger partial charge in [0.1, 0.15) is 5.82 Å². The summed E-state index contributed by atoms with van der Waals surface area (Å²) in [6.45, 7) is 13.0. The fourth-order valence-electron chi connectivity index (χ4n) is 4.13. The summed E-state index contributed by atoms with van der Waals surface area (Å²) in [5.74, 6) is -1.09. The number of amides is 4. The van der Waals surface area contributed by atoms with Gasteiger partial charge in [-0.2, -0.15) is 0 Å². The van der Waals surface area contributed by atoms with Gasteiger partial charge < -0.3 is 25.3 Å². The standard InChI is InChI=1S/C27H36FN5O3/c1-6-31(7-2)25(35)22-18-21(29-24(34)19-9-8-10-20(28)17-19)11-12-23(22)32-13-15-33(16-14-32)26(36)30-27(3,4)5/h8-12,17-18H,6-7,13-16H2,1-5H3,(H,29,34)(H,30,36). The van der Waals surface area contributed by atoms with Crippen LogP contribution in [0.5, 0.6) is 0 Å². The van der Waals surface area contributed by atoms with Crippen molar-refractivity contribution >= 4 is 29.2 Å². The van der Waals surface area contributed by atoms with Crippen molar-refractivity contribution in [2.24, 2.45) is 0 Å². The minimum atomic E-state index is -0.495. The van der Waals surface area contributed by atoms with Gasteiger partial charge in [0, 0.05) is 61.7 Å². The van der Waals surface area contributed by atoms with E-state index in [0.717, 1.165) is 5.69 Å². The van der Waals surface area contributed by atoms with Crippen LogP contribution in [0.2, 0.25) is 0 Å². The molecule has 0 spiro atoms. The first kappa shape index (κ1) is 27.0. The third-order valence-electron chi connectivity index (χ3n) is 6.01. The van der Waals surface area contributed by atoms with Crippen LogP contribution in [0.1, 0.15) is 55.3 Å². The number of nitrogens with one attached hydrogen (secondary N) is 2. The van der Waals surface area contributed by atoms with Gasteiger partial charge in [-0.05, 0) is 71.0 Å². The quantitative estimate of drug-likeness (QED) is 0.627. The molecule has 4 amide bonds. The van der Waals surface area contributed by atoms with E-state index in [1.54, 1.807) is 21.9 Å². The third-order valence-corrected chi connectivity index (χ3v) is 6.01. The monoisotopic (exact) mass is 497 g/mol. The zero-order valence-electron chi connectivity index (χ0n) is 21.7. The fourth-order valence-corrected chi connectivity index (χ4v) is 4.13. The van der Waals surface area contributed by atoms with Crippen LogP contribution in [0.3, 0.4) is 0 Å². The van der Waals surface area contributed by atoms with E-state index in [2.05, 4.69) is 15.5 Å². The number of urea groups is 1. The van der Waals surface area contributed by atoms with E-state index in [1.165, 1.54) is 24.3 Å². The zero-order chi connectivity index (χ0) is 26.5. The smallest absolute Gasteiger partial charge is 0.317 e. The van der Waals surface area contributed by atoms with Crippen molar-refractivity contribution in [3.8, 4) is 0 Å². The Hall–Kier alpha value is -3.62. The fraction of sp³-hybridized carbons (Fsp3) is 0.444. The maximum absolute atomic E-state index is 13.6. The Balaban J connectivity index is 1.83. The molecule has 3 rings (SSSR count). The number of rotatable bonds is 6. The molecular formula is C27H36FN5O3. The minimum Gasteiger partial charge on any atom is -0.367 e. The first-order valence-electron chi connectivity index (χ1n) is 12.3. The lowest BCUT2D eigenvalue weighted by atomic mass is 10.1. The molecule has 1 aliphatic rings. The second kappa shape index (κ2) is 11.4. The molecule has 0 radical (unpaired) electrons. The van der Waals surface area contributed by atoms with Crippen molar-refractivity contribution in [2.75, 3.05) is 49.5 Å². The van der Waals surface area contributed by atoms with Gasteiger partial charge in [-0.1, -0.05) is 6.07 Å². The summed E-state index contributed by atoms with van der Waals surface area (Å²) in [4.78, 5) is 44.2. The molecule has 1 aliphatic heterocycles. The van der Waals surface area contributed by atoms with Crippen LogP contribution in [0, 0.1) is 5.82 Å². The number of hydrogen-bond acceptors (Lipinski definition) is 4. The summed E-state index contributed by atoms with van der Waals surface area (Å²) < 4.78 is 13.6. The molecule has 36 heavy (non-hydrogen) atoms. The zero-order valence-corrected chi connectivity index (χ0v) is 21.7. The predicted octanol–water partition coefficient (Wildman–Crippen LogP) is 4.19. The summed E-state index contributed by atoms with van der Waals surface area (Å²) in [6.07, 6.45) is 0. The molecule has 194 valence electrons. The normalized spacial score (nSPS) is 13.8. The lowest BCUT2D eigenvalue weighted by Gasteiger charge is -2.38. The van der Waals surface area contributed by atoms with E-state index in [-0.39, 0.29) is 23.0 Å². The summed E-state index contributed by atoms with van der Waals surface area (Å²) in [6, 6.07) is 10.6. The van der Waals surface area contributed by atoms with Gasteiger partial charge in [0.05, 0.1) is 5.56 Å². The molecule has 0 atom stereocenters. The van der Waals surface area contributed by atoms with E-state index >= 15 is 0 Å². The first-order valence-corrected chi connectivity index (χ1v) is 12.3. The lowest BCUT2D eigenvalue weighted by molar-refractivity contribution is 0.0773. The SMILES string of the molecule is CCN(CC)C(=O)c1cc(NC(=O)c2cccc(F)c2)ccc1N1CCN(C(=O)NC(C)(C)C)CC1. The Labute approximate surface area is 212 Å². The summed E-state index contributed by atoms with van der Waals surface area (Å²) in [7, 11) is 0. The molecular weight excluding hydrogens is 461 g/mol. The van der Waals surface area contributed by atoms with E-state index < -0.39 is 11.7 Å². The Morgan fingerprint density at radius 1 is 0.972 bits per heavy atom. The topological polar surface area (TPSA) is 85.0 Å². The molecule has 0 saturated carbocycles. The molecule has 1 saturated heterocycles. The molecule has 0 bridgehead atoms. The van der Waals surface area contributed by atoms with Crippen LogP contribution in [-0.2, 0) is 0 Å². The largest absolute Gasteiger partial charge is 0.367 e. The molecule has 1 heterocycles. The van der Waals surface area contributed by atoms with Crippen LogP contribution in [-0.4, -0.2) is 72.5 Å².